The minimum absolute atomic E-state index is 0.637. The molecule has 2 N–H and O–H groups in total. The summed E-state index contributed by atoms with van der Waals surface area (Å²) in [6.07, 6.45) is 1.26. The van der Waals surface area contributed by atoms with E-state index in [2.05, 4.69) is 18.0 Å². The van der Waals surface area contributed by atoms with Crippen LogP contribution in [0.15, 0.2) is 18.2 Å². The van der Waals surface area contributed by atoms with Crippen LogP contribution in [0, 0.1) is 0 Å². The molecule has 2 rings (SSSR count). The third-order valence-electron chi connectivity index (χ3n) is 3.16. The number of nitrogen functional groups attached to an aromatic ring is 1. The van der Waals surface area contributed by atoms with E-state index in [9.17, 15) is 0 Å². The Morgan fingerprint density at radius 1 is 1.53 bits per heavy atom. The van der Waals surface area contributed by atoms with E-state index in [0.29, 0.717) is 18.3 Å². The van der Waals surface area contributed by atoms with E-state index in [1.165, 1.54) is 23.6 Å². The second-order valence-electron chi connectivity index (χ2n) is 4.28. The van der Waals surface area contributed by atoms with Crippen LogP contribution in [0.1, 0.15) is 13.3 Å². The van der Waals surface area contributed by atoms with Gasteiger partial charge in [0.15, 0.2) is 0 Å². The molecule has 1 aromatic rings. The molecular weight excluding hydrogens is 232 g/mol. The van der Waals surface area contributed by atoms with E-state index in [1.807, 2.05) is 30.8 Å². The molecule has 1 aliphatic heterocycles. The summed E-state index contributed by atoms with van der Waals surface area (Å²) in [6.45, 7) is 2.63. The lowest BCUT2D eigenvalue weighted by molar-refractivity contribution is 0.342. The maximum absolute atomic E-state index is 5.88. The van der Waals surface area contributed by atoms with E-state index in [4.69, 9.17) is 10.5 Å². The van der Waals surface area contributed by atoms with Gasteiger partial charge in [0.1, 0.15) is 5.75 Å². The lowest BCUT2D eigenvalue weighted by Crippen LogP contribution is -2.31. The molecule has 4 heteroatoms. The maximum atomic E-state index is 5.88. The van der Waals surface area contributed by atoms with E-state index in [0.717, 1.165) is 5.75 Å². The van der Waals surface area contributed by atoms with Crippen molar-refractivity contribution >= 4 is 23.1 Å². The molecule has 0 radical (unpaired) electrons. The first-order valence-electron chi connectivity index (χ1n) is 6.05. The molecule has 1 aliphatic rings. The summed E-state index contributed by atoms with van der Waals surface area (Å²) in [4.78, 5) is 2.34. The smallest absolute Gasteiger partial charge is 0.144 e. The molecule has 1 unspecified atom stereocenters. The molecular formula is C13H20N2OS. The summed E-state index contributed by atoms with van der Waals surface area (Å²) in [5.74, 6) is 3.27. The van der Waals surface area contributed by atoms with Crippen molar-refractivity contribution in [3.05, 3.63) is 18.2 Å². The summed E-state index contributed by atoms with van der Waals surface area (Å²) in [6, 6.07) is 6.68. The van der Waals surface area contributed by atoms with Gasteiger partial charge < -0.3 is 15.4 Å². The highest BCUT2D eigenvalue weighted by atomic mass is 32.2. The number of ether oxygens (including phenoxy) is 1. The van der Waals surface area contributed by atoms with Gasteiger partial charge in [0.05, 0.1) is 12.3 Å². The zero-order valence-electron chi connectivity index (χ0n) is 10.5. The quantitative estimate of drug-likeness (QED) is 0.836. The lowest BCUT2D eigenvalue weighted by Gasteiger charge is -2.26. The molecule has 0 bridgehead atoms. The van der Waals surface area contributed by atoms with Crippen LogP contribution in [0.4, 0.5) is 11.4 Å². The maximum Gasteiger partial charge on any atom is 0.144 e. The van der Waals surface area contributed by atoms with Gasteiger partial charge in [-0.15, -0.1) is 0 Å². The van der Waals surface area contributed by atoms with Gasteiger partial charge in [-0.05, 0) is 31.2 Å². The van der Waals surface area contributed by atoms with Crippen LogP contribution in [0.3, 0.4) is 0 Å². The van der Waals surface area contributed by atoms with Gasteiger partial charge in [0.2, 0.25) is 0 Å². The predicted octanol–water partition coefficient (Wildman–Crippen LogP) is 2.61. The van der Waals surface area contributed by atoms with Crippen LogP contribution >= 0.6 is 11.8 Å². The Hall–Kier alpha value is -1.03. The second-order valence-corrected chi connectivity index (χ2v) is 5.43. The Morgan fingerprint density at radius 2 is 2.35 bits per heavy atom. The number of nitrogens with two attached hydrogens (primary N) is 1. The summed E-state index contributed by atoms with van der Waals surface area (Å²) >= 11 is 2.03. The highest BCUT2D eigenvalue weighted by Crippen LogP contribution is 2.31. The minimum atomic E-state index is 0.637. The van der Waals surface area contributed by atoms with Crippen molar-refractivity contribution in [2.75, 3.05) is 35.8 Å². The molecule has 1 saturated heterocycles. The molecule has 1 fully saturated rings. The van der Waals surface area contributed by atoms with Crippen molar-refractivity contribution in [1.82, 2.24) is 0 Å². The first kappa shape index (κ1) is 12.4. The molecule has 0 spiro atoms. The first-order chi connectivity index (χ1) is 8.22. The van der Waals surface area contributed by atoms with Gasteiger partial charge in [0, 0.05) is 30.6 Å². The minimum Gasteiger partial charge on any atom is -0.492 e. The van der Waals surface area contributed by atoms with Crippen molar-refractivity contribution in [3.8, 4) is 5.75 Å². The standard InChI is InChI=1S/C13H20N2OS/c1-3-16-13-8-10(4-5-12(13)14)15(2)11-6-7-17-9-11/h4-5,8,11H,3,6-7,9,14H2,1-2H3. The van der Waals surface area contributed by atoms with E-state index < -0.39 is 0 Å². The van der Waals surface area contributed by atoms with Crippen molar-refractivity contribution in [1.29, 1.82) is 0 Å². The van der Waals surface area contributed by atoms with E-state index in [1.54, 1.807) is 0 Å². The van der Waals surface area contributed by atoms with Crippen molar-refractivity contribution in [2.24, 2.45) is 0 Å². The van der Waals surface area contributed by atoms with Gasteiger partial charge in [-0.3, -0.25) is 0 Å². The third kappa shape index (κ3) is 2.80. The zero-order valence-corrected chi connectivity index (χ0v) is 11.3. The lowest BCUT2D eigenvalue weighted by atomic mass is 10.2. The van der Waals surface area contributed by atoms with Gasteiger partial charge in [0.25, 0.3) is 0 Å². The molecule has 1 aromatic carbocycles. The number of hydrogen-bond acceptors (Lipinski definition) is 4. The van der Waals surface area contributed by atoms with Crippen LogP contribution in [0.2, 0.25) is 0 Å². The highest BCUT2D eigenvalue weighted by Gasteiger charge is 2.20. The predicted molar refractivity (Wildman–Crippen MR) is 76.2 cm³/mol. The van der Waals surface area contributed by atoms with Gasteiger partial charge in [-0.2, -0.15) is 11.8 Å². The van der Waals surface area contributed by atoms with Gasteiger partial charge >= 0.3 is 0 Å². The number of anilines is 2. The normalized spacial score (nSPS) is 19.3. The van der Waals surface area contributed by atoms with Crippen molar-refractivity contribution in [3.63, 3.8) is 0 Å². The number of thioether (sulfide) groups is 1. The van der Waals surface area contributed by atoms with Crippen molar-refractivity contribution < 1.29 is 4.74 Å². The largest absolute Gasteiger partial charge is 0.492 e. The fourth-order valence-electron chi connectivity index (χ4n) is 2.06. The van der Waals surface area contributed by atoms with E-state index in [-0.39, 0.29) is 0 Å². The molecule has 0 amide bonds. The van der Waals surface area contributed by atoms with E-state index >= 15 is 0 Å². The average molecular weight is 252 g/mol. The van der Waals surface area contributed by atoms with Crippen LogP contribution in [0.5, 0.6) is 5.75 Å². The van der Waals surface area contributed by atoms with Gasteiger partial charge in [-0.25, -0.2) is 0 Å². The fraction of sp³-hybridized carbons (Fsp3) is 0.538. The second kappa shape index (κ2) is 5.54. The third-order valence-corrected chi connectivity index (χ3v) is 4.30. The topological polar surface area (TPSA) is 38.5 Å². The molecule has 0 aromatic heterocycles. The molecule has 0 aliphatic carbocycles. The number of benzene rings is 1. The monoisotopic (exact) mass is 252 g/mol. The number of hydrogen-bond donors (Lipinski definition) is 1. The van der Waals surface area contributed by atoms with Crippen LogP contribution in [0.25, 0.3) is 0 Å². The Labute approximate surface area is 107 Å². The highest BCUT2D eigenvalue weighted by molar-refractivity contribution is 7.99. The van der Waals surface area contributed by atoms with Gasteiger partial charge in [-0.1, -0.05) is 0 Å². The fourth-order valence-corrected chi connectivity index (χ4v) is 3.33. The molecule has 0 saturated carbocycles. The average Bonchev–Trinajstić information content (AvgIpc) is 2.85. The first-order valence-corrected chi connectivity index (χ1v) is 7.20. The Morgan fingerprint density at radius 3 is 3.00 bits per heavy atom. The van der Waals surface area contributed by atoms with Crippen LogP contribution in [-0.4, -0.2) is 31.2 Å². The van der Waals surface area contributed by atoms with Crippen LogP contribution < -0.4 is 15.4 Å². The zero-order chi connectivity index (χ0) is 12.3. The van der Waals surface area contributed by atoms with Crippen molar-refractivity contribution in [2.45, 2.75) is 19.4 Å². The Bertz CT molecular complexity index is 378. The molecule has 3 nitrogen and oxygen atoms in total. The molecule has 94 valence electrons. The number of rotatable bonds is 4. The summed E-state index contributed by atoms with van der Waals surface area (Å²) in [7, 11) is 2.15. The Balaban J connectivity index is 2.16. The van der Waals surface area contributed by atoms with Crippen LogP contribution in [-0.2, 0) is 0 Å². The molecule has 1 heterocycles. The molecule has 1 atom stereocenters. The molecule has 17 heavy (non-hydrogen) atoms. The number of nitrogens with zero attached hydrogens (tertiary/aromatic N) is 1. The SMILES string of the molecule is CCOc1cc(N(C)C2CCSC2)ccc1N. The summed E-state index contributed by atoms with van der Waals surface area (Å²) in [5, 5.41) is 0. The summed E-state index contributed by atoms with van der Waals surface area (Å²) in [5.41, 5.74) is 7.78. The summed E-state index contributed by atoms with van der Waals surface area (Å²) < 4.78 is 5.53. The Kier molecular flexibility index (Phi) is 4.05.